The highest BCUT2D eigenvalue weighted by atomic mass is 32.2. The van der Waals surface area contributed by atoms with Crippen LogP contribution in [0.1, 0.15) is 50.0 Å². The molecule has 118 valence electrons. The maximum atomic E-state index is 13.1. The molecule has 1 saturated heterocycles. The van der Waals surface area contributed by atoms with Crippen LogP contribution in [-0.4, -0.2) is 30.8 Å². The second-order valence-corrected chi connectivity index (χ2v) is 9.58. The Morgan fingerprint density at radius 2 is 2.14 bits per heavy atom. The summed E-state index contributed by atoms with van der Waals surface area (Å²) in [6.45, 7) is 7.28. The molecule has 0 bridgehead atoms. The molecule has 2 heterocycles. The first-order valence-corrected chi connectivity index (χ1v) is 9.97. The summed E-state index contributed by atoms with van der Waals surface area (Å²) in [6.07, 6.45) is 4.31. The van der Waals surface area contributed by atoms with Crippen LogP contribution in [-0.2, 0) is 16.6 Å². The molecule has 0 amide bonds. The second-order valence-electron chi connectivity index (χ2n) is 6.82. The van der Waals surface area contributed by atoms with E-state index in [4.69, 9.17) is 0 Å². The molecular formula is C15H24N2O2S2. The number of sulfonamides is 1. The number of hydrogen-bond donors (Lipinski definition) is 1. The summed E-state index contributed by atoms with van der Waals surface area (Å²) in [5, 5.41) is 5.41. The monoisotopic (exact) mass is 328 g/mol. The van der Waals surface area contributed by atoms with Crippen LogP contribution in [0.15, 0.2) is 10.3 Å². The summed E-state index contributed by atoms with van der Waals surface area (Å²) in [7, 11) is -3.39. The van der Waals surface area contributed by atoms with Gasteiger partial charge >= 0.3 is 0 Å². The first-order valence-electron chi connectivity index (χ1n) is 7.65. The third-order valence-corrected chi connectivity index (χ3v) is 8.07. The Morgan fingerprint density at radius 1 is 1.43 bits per heavy atom. The minimum absolute atomic E-state index is 0.269. The molecule has 1 aliphatic heterocycles. The second kappa shape index (κ2) is 5.33. The van der Waals surface area contributed by atoms with E-state index in [1.165, 1.54) is 12.8 Å². The first-order chi connectivity index (χ1) is 9.82. The number of nitrogens with one attached hydrogen (secondary N) is 1. The zero-order chi connectivity index (χ0) is 15.3. The van der Waals surface area contributed by atoms with Gasteiger partial charge in [0.05, 0.1) is 0 Å². The average molecular weight is 329 g/mol. The molecule has 0 aromatic carbocycles. The maximum Gasteiger partial charge on any atom is 0.244 e. The highest BCUT2D eigenvalue weighted by Gasteiger charge is 2.42. The van der Waals surface area contributed by atoms with E-state index in [0.717, 1.165) is 23.3 Å². The molecule has 2 fully saturated rings. The summed E-state index contributed by atoms with van der Waals surface area (Å²) >= 11 is 1.56. The van der Waals surface area contributed by atoms with Crippen LogP contribution >= 0.6 is 11.3 Å². The van der Waals surface area contributed by atoms with Crippen molar-refractivity contribution in [2.24, 2.45) is 0 Å². The van der Waals surface area contributed by atoms with Crippen molar-refractivity contribution in [3.05, 3.63) is 15.8 Å². The Morgan fingerprint density at radius 3 is 2.71 bits per heavy atom. The Bertz CT molecular complexity index is 630. The van der Waals surface area contributed by atoms with Crippen molar-refractivity contribution >= 4 is 21.4 Å². The predicted octanol–water partition coefficient (Wildman–Crippen LogP) is 2.87. The Hall–Kier alpha value is -0.430. The van der Waals surface area contributed by atoms with E-state index in [9.17, 15) is 8.42 Å². The van der Waals surface area contributed by atoms with E-state index >= 15 is 0 Å². The van der Waals surface area contributed by atoms with E-state index in [1.807, 2.05) is 26.2 Å². The average Bonchev–Trinajstić information content (AvgIpc) is 3.04. The van der Waals surface area contributed by atoms with Crippen molar-refractivity contribution in [2.75, 3.05) is 6.54 Å². The minimum Gasteiger partial charge on any atom is -0.309 e. The molecule has 4 nitrogen and oxygen atoms in total. The summed E-state index contributed by atoms with van der Waals surface area (Å²) in [5.41, 5.74) is 0.615. The fourth-order valence-corrected chi connectivity index (χ4v) is 6.68. The Labute approximate surface area is 131 Å². The SMILES string of the molecule is Cc1csc(CNC2CC2)c1S(=O)(=O)N1CCCC1(C)C. The molecule has 1 saturated carbocycles. The fraction of sp³-hybridized carbons (Fsp3) is 0.733. The Balaban J connectivity index is 1.92. The summed E-state index contributed by atoms with van der Waals surface area (Å²) < 4.78 is 27.9. The number of aryl methyl sites for hydroxylation is 1. The van der Waals surface area contributed by atoms with Gasteiger partial charge in [0, 0.05) is 29.5 Å². The van der Waals surface area contributed by atoms with Crippen molar-refractivity contribution in [1.82, 2.24) is 9.62 Å². The first kappa shape index (κ1) is 15.5. The van der Waals surface area contributed by atoms with Gasteiger partial charge in [0.1, 0.15) is 4.90 Å². The number of nitrogens with zero attached hydrogens (tertiary/aromatic N) is 1. The lowest BCUT2D eigenvalue weighted by Crippen LogP contribution is -2.43. The van der Waals surface area contributed by atoms with Crippen molar-refractivity contribution in [3.8, 4) is 0 Å². The van der Waals surface area contributed by atoms with Crippen molar-refractivity contribution < 1.29 is 8.42 Å². The fourth-order valence-electron chi connectivity index (χ4n) is 3.12. The van der Waals surface area contributed by atoms with E-state index in [0.29, 0.717) is 24.0 Å². The minimum atomic E-state index is -3.39. The maximum absolute atomic E-state index is 13.1. The largest absolute Gasteiger partial charge is 0.309 e. The van der Waals surface area contributed by atoms with Crippen molar-refractivity contribution in [1.29, 1.82) is 0 Å². The molecule has 21 heavy (non-hydrogen) atoms. The lowest BCUT2D eigenvalue weighted by atomic mass is 10.0. The van der Waals surface area contributed by atoms with Gasteiger partial charge in [-0.3, -0.25) is 0 Å². The topological polar surface area (TPSA) is 49.4 Å². The molecule has 0 atom stereocenters. The molecule has 3 rings (SSSR count). The molecule has 1 N–H and O–H groups in total. The molecule has 2 aliphatic rings. The van der Waals surface area contributed by atoms with E-state index in [-0.39, 0.29) is 5.54 Å². The van der Waals surface area contributed by atoms with E-state index in [1.54, 1.807) is 15.6 Å². The number of hydrogen-bond acceptors (Lipinski definition) is 4. The van der Waals surface area contributed by atoms with Gasteiger partial charge in [-0.1, -0.05) is 0 Å². The van der Waals surface area contributed by atoms with Gasteiger partial charge in [-0.25, -0.2) is 8.42 Å². The molecule has 0 unspecified atom stereocenters. The quantitative estimate of drug-likeness (QED) is 0.904. The molecule has 1 aliphatic carbocycles. The van der Waals surface area contributed by atoms with Gasteiger partial charge in [-0.2, -0.15) is 4.31 Å². The van der Waals surface area contributed by atoms with Crippen LogP contribution in [0.2, 0.25) is 0 Å². The van der Waals surface area contributed by atoms with Gasteiger partial charge in [-0.05, 0) is 57.4 Å². The zero-order valence-electron chi connectivity index (χ0n) is 13.0. The smallest absolute Gasteiger partial charge is 0.244 e. The van der Waals surface area contributed by atoms with Crippen LogP contribution in [0.5, 0.6) is 0 Å². The van der Waals surface area contributed by atoms with Gasteiger partial charge in [0.2, 0.25) is 10.0 Å². The van der Waals surface area contributed by atoms with Crippen LogP contribution in [0, 0.1) is 6.92 Å². The highest BCUT2D eigenvalue weighted by molar-refractivity contribution is 7.89. The van der Waals surface area contributed by atoms with E-state index < -0.39 is 10.0 Å². The van der Waals surface area contributed by atoms with Gasteiger partial charge in [0.15, 0.2) is 0 Å². The third kappa shape index (κ3) is 2.91. The molecule has 0 spiro atoms. The van der Waals surface area contributed by atoms with Crippen molar-refractivity contribution in [3.63, 3.8) is 0 Å². The summed E-state index contributed by atoms with van der Waals surface area (Å²) in [5.74, 6) is 0. The molecule has 6 heteroatoms. The molecule has 1 aromatic rings. The van der Waals surface area contributed by atoms with Gasteiger partial charge < -0.3 is 5.32 Å². The normalized spacial score (nSPS) is 22.8. The van der Waals surface area contributed by atoms with Crippen LogP contribution in [0.3, 0.4) is 0 Å². The Kier molecular flexibility index (Phi) is 3.93. The number of thiophene rings is 1. The highest BCUT2D eigenvalue weighted by Crippen LogP contribution is 2.38. The van der Waals surface area contributed by atoms with E-state index in [2.05, 4.69) is 5.32 Å². The van der Waals surface area contributed by atoms with Crippen LogP contribution in [0.4, 0.5) is 0 Å². The van der Waals surface area contributed by atoms with Crippen molar-refractivity contribution in [2.45, 2.75) is 69.5 Å². The third-order valence-electron chi connectivity index (χ3n) is 4.49. The zero-order valence-corrected chi connectivity index (χ0v) is 14.6. The van der Waals surface area contributed by atoms with Crippen LogP contribution in [0.25, 0.3) is 0 Å². The standard InChI is InChI=1S/C15H24N2O2S2/c1-11-10-20-13(9-16-12-5-6-12)14(11)21(18,19)17-8-4-7-15(17,2)3/h10,12,16H,4-9H2,1-3H3. The molecule has 1 aromatic heterocycles. The molecule has 0 radical (unpaired) electrons. The predicted molar refractivity (Wildman–Crippen MR) is 86.1 cm³/mol. The lowest BCUT2D eigenvalue weighted by molar-refractivity contribution is 0.291. The van der Waals surface area contributed by atoms with Gasteiger partial charge in [-0.15, -0.1) is 11.3 Å². The lowest BCUT2D eigenvalue weighted by Gasteiger charge is -2.31. The summed E-state index contributed by atoms with van der Waals surface area (Å²) in [4.78, 5) is 1.51. The molecular weight excluding hydrogens is 304 g/mol. The van der Waals surface area contributed by atoms with Gasteiger partial charge in [0.25, 0.3) is 0 Å². The van der Waals surface area contributed by atoms with Crippen LogP contribution < -0.4 is 5.32 Å². The summed E-state index contributed by atoms with van der Waals surface area (Å²) in [6, 6.07) is 0.589. The number of rotatable bonds is 5.